The molecule has 1 aromatic carbocycles. The van der Waals surface area contributed by atoms with Gasteiger partial charge in [-0.3, -0.25) is 9.88 Å². The molecule has 0 bridgehead atoms. The quantitative estimate of drug-likeness (QED) is 0.813. The van der Waals surface area contributed by atoms with Crippen LogP contribution < -0.4 is 10.3 Å². The summed E-state index contributed by atoms with van der Waals surface area (Å²) in [5, 5.41) is 0. The highest BCUT2D eigenvalue weighted by molar-refractivity contribution is 6.30. The fourth-order valence-electron chi connectivity index (χ4n) is 3.40. The van der Waals surface area contributed by atoms with Crippen LogP contribution in [-0.4, -0.2) is 41.8 Å². The second kappa shape index (κ2) is 6.32. The molecule has 0 atom stereocenters. The Kier molecular flexibility index (Phi) is 4.04. The van der Waals surface area contributed by atoms with Gasteiger partial charge in [-0.2, -0.15) is 0 Å². The average Bonchev–Trinajstić information content (AvgIpc) is 2.71. The zero-order valence-electron chi connectivity index (χ0n) is 13.2. The Hall–Kier alpha value is -1.88. The molecule has 0 spiro atoms. The first-order valence-corrected chi connectivity index (χ1v) is 8.39. The number of benzene rings is 1. The second-order valence-corrected chi connectivity index (χ2v) is 6.43. The molecule has 5 heteroatoms. The molecule has 1 saturated carbocycles. The summed E-state index contributed by atoms with van der Waals surface area (Å²) in [5.74, 6) is 1.30. The molecule has 4 nitrogen and oxygen atoms in total. The van der Waals surface area contributed by atoms with E-state index in [0.29, 0.717) is 11.5 Å². The van der Waals surface area contributed by atoms with Crippen LogP contribution in [0.2, 0.25) is 0 Å². The number of ether oxygens (including phenoxy) is 1. The van der Waals surface area contributed by atoms with Crippen molar-refractivity contribution < 1.29 is 4.74 Å². The molecule has 2 heterocycles. The van der Waals surface area contributed by atoms with E-state index in [1.807, 2.05) is 6.07 Å². The van der Waals surface area contributed by atoms with Crippen LogP contribution >= 0.6 is 0 Å². The molecule has 1 aromatic heterocycles. The van der Waals surface area contributed by atoms with Gasteiger partial charge in [0.1, 0.15) is 13.6 Å². The van der Waals surface area contributed by atoms with Gasteiger partial charge >= 0.3 is 0 Å². The highest BCUT2D eigenvalue weighted by Gasteiger charge is 2.26. The predicted molar refractivity (Wildman–Crippen MR) is 90.6 cm³/mol. The summed E-state index contributed by atoms with van der Waals surface area (Å²) in [7, 11) is 5.55. The van der Waals surface area contributed by atoms with Crippen molar-refractivity contribution in [1.82, 2.24) is 14.9 Å². The van der Waals surface area contributed by atoms with E-state index in [1.54, 1.807) is 6.20 Å². The van der Waals surface area contributed by atoms with Crippen molar-refractivity contribution in [2.75, 3.05) is 13.1 Å². The van der Waals surface area contributed by atoms with E-state index in [0.717, 1.165) is 31.2 Å². The van der Waals surface area contributed by atoms with Gasteiger partial charge in [0.2, 0.25) is 5.88 Å². The summed E-state index contributed by atoms with van der Waals surface area (Å²) in [5.41, 5.74) is 3.24. The first kappa shape index (κ1) is 14.7. The summed E-state index contributed by atoms with van der Waals surface area (Å²) in [6.45, 7) is 2.34. The van der Waals surface area contributed by atoms with Crippen molar-refractivity contribution in [1.29, 1.82) is 0 Å². The molecule has 0 unspecified atom stereocenters. The number of fused-ring (bicyclic) bond motifs is 1. The minimum Gasteiger partial charge on any atom is -0.437 e. The Morgan fingerprint density at radius 2 is 1.87 bits per heavy atom. The molecule has 23 heavy (non-hydrogen) atoms. The number of hydrogen-bond acceptors (Lipinski definition) is 4. The number of hydrogen-bond donors (Lipinski definition) is 0. The Bertz CT molecular complexity index is 685. The third kappa shape index (κ3) is 3.25. The zero-order valence-corrected chi connectivity index (χ0v) is 13.2. The molecule has 0 N–H and O–H groups in total. The Balaban J connectivity index is 1.48. The molecular weight excluding hydrogens is 285 g/mol. The lowest BCUT2D eigenvalue weighted by molar-refractivity contribution is 0.133. The van der Waals surface area contributed by atoms with E-state index in [1.165, 1.54) is 43.1 Å². The number of rotatable bonds is 3. The smallest absolute Gasteiger partial charge is 0.237 e. The van der Waals surface area contributed by atoms with Crippen LogP contribution in [0.5, 0.6) is 11.6 Å². The van der Waals surface area contributed by atoms with Crippen molar-refractivity contribution in [3.05, 3.63) is 41.7 Å². The van der Waals surface area contributed by atoms with Gasteiger partial charge in [0.25, 0.3) is 0 Å². The van der Waals surface area contributed by atoms with Crippen LogP contribution in [0.4, 0.5) is 0 Å². The van der Waals surface area contributed by atoms with Crippen molar-refractivity contribution in [2.24, 2.45) is 0 Å². The monoisotopic (exact) mass is 305 g/mol. The largest absolute Gasteiger partial charge is 0.437 e. The predicted octanol–water partition coefficient (Wildman–Crippen LogP) is 2.02. The van der Waals surface area contributed by atoms with Gasteiger partial charge in [-0.25, -0.2) is 4.98 Å². The average molecular weight is 305 g/mol. The standard InChI is InChI=1S/C18H20BN3O/c19-17-11-21-18(12-20-17)23-16-5-4-13-6-8-22(15-2-1-3-15)9-7-14(13)10-16/h4-5,10-12,15H,1-3,6-9H2. The molecule has 1 aliphatic heterocycles. The van der Waals surface area contributed by atoms with Crippen molar-refractivity contribution in [3.8, 4) is 11.6 Å². The summed E-state index contributed by atoms with van der Waals surface area (Å²) >= 11 is 0. The van der Waals surface area contributed by atoms with Gasteiger partial charge < -0.3 is 4.74 Å². The zero-order chi connectivity index (χ0) is 15.6. The number of nitrogens with zero attached hydrogens (tertiary/aromatic N) is 3. The van der Waals surface area contributed by atoms with Crippen LogP contribution in [0.25, 0.3) is 0 Å². The third-order valence-electron chi connectivity index (χ3n) is 4.98. The van der Waals surface area contributed by atoms with Gasteiger partial charge in [-0.1, -0.05) is 12.5 Å². The van der Waals surface area contributed by atoms with Crippen LogP contribution in [0, 0.1) is 0 Å². The van der Waals surface area contributed by atoms with Gasteiger partial charge in [0.05, 0.1) is 6.20 Å². The van der Waals surface area contributed by atoms with E-state index in [-0.39, 0.29) is 0 Å². The molecular formula is C18H20BN3O. The van der Waals surface area contributed by atoms with E-state index in [4.69, 9.17) is 12.6 Å². The summed E-state index contributed by atoms with van der Waals surface area (Å²) in [4.78, 5) is 10.8. The van der Waals surface area contributed by atoms with Gasteiger partial charge in [-0.05, 0) is 48.9 Å². The molecule has 1 fully saturated rings. The van der Waals surface area contributed by atoms with Gasteiger partial charge in [0.15, 0.2) is 0 Å². The van der Waals surface area contributed by atoms with Crippen LogP contribution in [0.3, 0.4) is 0 Å². The molecule has 2 radical (unpaired) electrons. The maximum Gasteiger partial charge on any atom is 0.237 e. The van der Waals surface area contributed by atoms with E-state index >= 15 is 0 Å². The van der Waals surface area contributed by atoms with Crippen molar-refractivity contribution in [3.63, 3.8) is 0 Å². The van der Waals surface area contributed by atoms with Crippen LogP contribution in [0.15, 0.2) is 30.6 Å². The molecule has 2 aromatic rings. The molecule has 116 valence electrons. The lowest BCUT2D eigenvalue weighted by Gasteiger charge is -2.36. The number of aromatic nitrogens is 2. The van der Waals surface area contributed by atoms with Gasteiger partial charge in [0, 0.05) is 30.9 Å². The Morgan fingerprint density at radius 1 is 1.04 bits per heavy atom. The summed E-state index contributed by atoms with van der Waals surface area (Å²) in [6, 6.07) is 7.19. The molecule has 2 aliphatic rings. The van der Waals surface area contributed by atoms with Gasteiger partial charge in [-0.15, -0.1) is 0 Å². The van der Waals surface area contributed by atoms with Crippen molar-refractivity contribution in [2.45, 2.75) is 38.1 Å². The van der Waals surface area contributed by atoms with Crippen LogP contribution in [-0.2, 0) is 12.8 Å². The maximum atomic E-state index is 5.80. The second-order valence-electron chi connectivity index (χ2n) is 6.43. The van der Waals surface area contributed by atoms with Crippen molar-refractivity contribution >= 4 is 13.4 Å². The van der Waals surface area contributed by atoms with E-state index in [9.17, 15) is 0 Å². The maximum absolute atomic E-state index is 5.80. The summed E-state index contributed by atoms with van der Waals surface area (Å²) < 4.78 is 5.80. The molecule has 1 aliphatic carbocycles. The fraction of sp³-hybridized carbons (Fsp3) is 0.444. The van der Waals surface area contributed by atoms with Crippen LogP contribution in [0.1, 0.15) is 30.4 Å². The Labute approximate surface area is 138 Å². The normalized spacial score (nSPS) is 18.8. The third-order valence-corrected chi connectivity index (χ3v) is 4.98. The first-order valence-electron chi connectivity index (χ1n) is 8.39. The highest BCUT2D eigenvalue weighted by Crippen LogP contribution is 2.29. The summed E-state index contributed by atoms with van der Waals surface area (Å²) in [6.07, 6.45) is 9.44. The van der Waals surface area contributed by atoms with E-state index in [2.05, 4.69) is 27.0 Å². The highest BCUT2D eigenvalue weighted by atomic mass is 16.5. The topological polar surface area (TPSA) is 38.2 Å². The minimum atomic E-state index is 0.398. The first-order chi connectivity index (χ1) is 11.3. The molecule has 0 saturated heterocycles. The SMILES string of the molecule is [B]c1cnc(Oc2ccc3c(c2)CCN(C2CCC2)CC3)cn1. The lowest BCUT2D eigenvalue weighted by atomic mass is 9.91. The molecule has 0 amide bonds. The Morgan fingerprint density at radius 3 is 2.57 bits per heavy atom. The van der Waals surface area contributed by atoms with E-state index < -0.39 is 0 Å². The lowest BCUT2D eigenvalue weighted by Crippen LogP contribution is -2.41. The fourth-order valence-corrected chi connectivity index (χ4v) is 3.40. The molecule has 4 rings (SSSR count). The minimum absolute atomic E-state index is 0.398.